The van der Waals surface area contributed by atoms with Crippen molar-refractivity contribution >= 4 is 8.03 Å². The smallest absolute Gasteiger partial charge is 0.345 e. The van der Waals surface area contributed by atoms with Gasteiger partial charge in [-0.15, -0.1) is 4.52 Å². The van der Waals surface area contributed by atoms with Gasteiger partial charge in [-0.2, -0.15) is 0 Å². The van der Waals surface area contributed by atoms with Crippen molar-refractivity contribution < 1.29 is 14.2 Å². The third kappa shape index (κ3) is 2.11. The van der Waals surface area contributed by atoms with Crippen LogP contribution in [0.1, 0.15) is 11.4 Å². The number of aliphatic hydroxyl groups excluding tert-OH is 1. The maximum atomic E-state index is 11.0. The predicted molar refractivity (Wildman–Crippen MR) is 46.0 cm³/mol. The molecule has 0 aromatic heterocycles. The third-order valence-electron chi connectivity index (χ3n) is 1.48. The summed E-state index contributed by atoms with van der Waals surface area (Å²) in [7, 11) is -0.700. The average molecular weight is 185 g/mol. The number of benzene rings is 1. The van der Waals surface area contributed by atoms with Gasteiger partial charge in [0.2, 0.25) is 0 Å². The molecule has 0 amide bonds. The van der Waals surface area contributed by atoms with Gasteiger partial charge in [0.05, 0.1) is 7.11 Å². The van der Waals surface area contributed by atoms with Crippen LogP contribution in [0.25, 0.3) is 0 Å². The van der Waals surface area contributed by atoms with E-state index < -0.39 is 13.9 Å². The summed E-state index contributed by atoms with van der Waals surface area (Å²) in [6, 6.07) is 8.79. The van der Waals surface area contributed by atoms with Crippen LogP contribution in [0.3, 0.4) is 0 Å². The minimum atomic E-state index is -2.01. The second kappa shape index (κ2) is 4.31. The van der Waals surface area contributed by atoms with E-state index in [1.54, 1.807) is 24.3 Å². The molecule has 1 N–H and O–H groups in total. The Morgan fingerprint density at radius 1 is 1.42 bits per heavy atom. The van der Waals surface area contributed by atoms with E-state index in [9.17, 15) is 9.67 Å². The largest absolute Gasteiger partial charge is 0.545 e. The molecule has 0 aliphatic rings. The molecule has 1 rings (SSSR count). The number of aliphatic hydroxyl groups is 1. The maximum Gasteiger partial charge on any atom is 0.545 e. The minimum absolute atomic E-state index is 0.612. The van der Waals surface area contributed by atoms with E-state index in [4.69, 9.17) is 0 Å². The molecule has 0 aliphatic carbocycles. The fourth-order valence-electron chi connectivity index (χ4n) is 0.847. The Hall–Kier alpha value is -0.760. The van der Waals surface area contributed by atoms with Gasteiger partial charge in [-0.25, -0.2) is 0 Å². The third-order valence-corrected chi connectivity index (χ3v) is 2.53. The summed E-state index contributed by atoms with van der Waals surface area (Å²) in [6.45, 7) is 0. The van der Waals surface area contributed by atoms with Gasteiger partial charge in [-0.1, -0.05) is 30.3 Å². The van der Waals surface area contributed by atoms with Crippen molar-refractivity contribution in [3.8, 4) is 0 Å². The molecule has 0 heterocycles. The van der Waals surface area contributed by atoms with Crippen LogP contribution in [0.15, 0.2) is 30.3 Å². The van der Waals surface area contributed by atoms with Crippen LogP contribution >= 0.6 is 8.03 Å². The highest BCUT2D eigenvalue weighted by Gasteiger charge is 2.30. The van der Waals surface area contributed by atoms with Gasteiger partial charge < -0.3 is 5.11 Å². The summed E-state index contributed by atoms with van der Waals surface area (Å²) in [4.78, 5) is 0. The summed E-state index contributed by atoms with van der Waals surface area (Å²) < 4.78 is 15.5. The molecule has 0 saturated carbocycles. The Balaban J connectivity index is 2.78. The lowest BCUT2D eigenvalue weighted by Gasteiger charge is -1.96. The second-order valence-corrected chi connectivity index (χ2v) is 3.68. The molecule has 1 aromatic rings. The van der Waals surface area contributed by atoms with Crippen molar-refractivity contribution in [1.82, 2.24) is 0 Å². The molecule has 1 unspecified atom stereocenters. The highest BCUT2D eigenvalue weighted by Crippen LogP contribution is 2.38. The molecule has 2 atom stereocenters. The molecule has 0 bridgehead atoms. The molecule has 3 nitrogen and oxygen atoms in total. The van der Waals surface area contributed by atoms with Crippen molar-refractivity contribution in [3.05, 3.63) is 35.9 Å². The predicted octanol–water partition coefficient (Wildman–Crippen LogP) is 2.07. The number of hydrogen-bond donors (Lipinski definition) is 1. The van der Waals surface area contributed by atoms with Crippen molar-refractivity contribution in [2.75, 3.05) is 7.11 Å². The van der Waals surface area contributed by atoms with Gasteiger partial charge in [0.1, 0.15) is 0 Å². The molecule has 0 aliphatic heterocycles. The Morgan fingerprint density at radius 3 is 2.50 bits per heavy atom. The molecule has 0 fully saturated rings. The first-order chi connectivity index (χ1) is 5.75. The Bertz CT molecular complexity index is 260. The molecule has 0 saturated heterocycles. The van der Waals surface area contributed by atoms with Crippen molar-refractivity contribution in [2.45, 2.75) is 5.85 Å². The van der Waals surface area contributed by atoms with E-state index in [1.807, 2.05) is 6.07 Å². The summed E-state index contributed by atoms with van der Waals surface area (Å²) >= 11 is 0. The summed E-state index contributed by atoms with van der Waals surface area (Å²) in [6.07, 6.45) is 0. The highest BCUT2D eigenvalue weighted by molar-refractivity contribution is 7.39. The molecule has 0 radical (unpaired) electrons. The molecular weight excluding hydrogens is 175 g/mol. The highest BCUT2D eigenvalue weighted by atomic mass is 31.1. The summed E-state index contributed by atoms with van der Waals surface area (Å²) in [5.41, 5.74) is 0.612. The Kier molecular flexibility index (Phi) is 3.35. The monoisotopic (exact) mass is 185 g/mol. The quantitative estimate of drug-likeness (QED) is 0.733. The lowest BCUT2D eigenvalue weighted by atomic mass is 10.2. The van der Waals surface area contributed by atoms with Gasteiger partial charge >= 0.3 is 13.9 Å². The van der Waals surface area contributed by atoms with Gasteiger partial charge in [0, 0.05) is 5.56 Å². The second-order valence-electron chi connectivity index (χ2n) is 2.25. The zero-order chi connectivity index (χ0) is 8.97. The van der Waals surface area contributed by atoms with Crippen LogP contribution in [0, 0.1) is 0 Å². The SMILES string of the molecule is CO[P+](=O)[C@@H](O)c1ccccc1. The fourth-order valence-corrected chi connectivity index (χ4v) is 1.46. The van der Waals surface area contributed by atoms with Crippen LogP contribution in [-0.2, 0) is 9.09 Å². The molecular formula is C8H10O3P+. The van der Waals surface area contributed by atoms with Gasteiger partial charge in [0.25, 0.3) is 0 Å². The zero-order valence-electron chi connectivity index (χ0n) is 6.68. The van der Waals surface area contributed by atoms with Gasteiger partial charge in [-0.3, -0.25) is 0 Å². The lowest BCUT2D eigenvalue weighted by Crippen LogP contribution is -1.91. The van der Waals surface area contributed by atoms with E-state index in [0.29, 0.717) is 5.56 Å². The first kappa shape index (κ1) is 9.33. The Morgan fingerprint density at radius 2 is 2.00 bits per heavy atom. The van der Waals surface area contributed by atoms with Gasteiger partial charge in [0.15, 0.2) is 0 Å². The number of rotatable bonds is 3. The van der Waals surface area contributed by atoms with Crippen LogP contribution in [-0.4, -0.2) is 12.2 Å². The Labute approximate surface area is 71.9 Å². The molecule has 64 valence electrons. The van der Waals surface area contributed by atoms with Crippen molar-refractivity contribution in [3.63, 3.8) is 0 Å². The topological polar surface area (TPSA) is 46.5 Å². The molecule has 4 heteroatoms. The van der Waals surface area contributed by atoms with Crippen LogP contribution in [0.2, 0.25) is 0 Å². The number of hydrogen-bond acceptors (Lipinski definition) is 3. The summed E-state index contributed by atoms with van der Waals surface area (Å²) in [5.74, 6) is -1.02. The zero-order valence-corrected chi connectivity index (χ0v) is 7.57. The van der Waals surface area contributed by atoms with Crippen LogP contribution in [0.5, 0.6) is 0 Å². The van der Waals surface area contributed by atoms with E-state index in [0.717, 1.165) is 0 Å². The molecule has 0 spiro atoms. The van der Waals surface area contributed by atoms with Crippen molar-refractivity contribution in [1.29, 1.82) is 0 Å². The average Bonchev–Trinajstić information content (AvgIpc) is 2.17. The first-order valence-corrected chi connectivity index (χ1v) is 4.74. The van der Waals surface area contributed by atoms with E-state index in [2.05, 4.69) is 4.52 Å². The standard InChI is InChI=1S/C8H10O3P/c1-11-12(10)8(9)7-5-3-2-4-6-7/h2-6,8-9H,1H3/q+1/t8-/m1/s1. The normalized spacial score (nSPS) is 14.0. The van der Waals surface area contributed by atoms with E-state index in [1.165, 1.54) is 7.11 Å². The van der Waals surface area contributed by atoms with E-state index >= 15 is 0 Å². The van der Waals surface area contributed by atoms with Gasteiger partial charge in [-0.05, 0) is 4.57 Å². The maximum absolute atomic E-state index is 11.0. The molecule has 1 aromatic carbocycles. The minimum Gasteiger partial charge on any atom is -0.345 e. The summed E-state index contributed by atoms with van der Waals surface area (Å²) in [5, 5.41) is 9.38. The van der Waals surface area contributed by atoms with Crippen LogP contribution in [0.4, 0.5) is 0 Å². The van der Waals surface area contributed by atoms with Crippen molar-refractivity contribution in [2.24, 2.45) is 0 Å². The first-order valence-electron chi connectivity index (χ1n) is 3.49. The molecule has 12 heavy (non-hydrogen) atoms. The fraction of sp³-hybridized carbons (Fsp3) is 0.250. The van der Waals surface area contributed by atoms with Crippen LogP contribution < -0.4 is 0 Å². The lowest BCUT2D eigenvalue weighted by molar-refractivity contribution is 0.234. The van der Waals surface area contributed by atoms with E-state index in [-0.39, 0.29) is 0 Å².